The van der Waals surface area contributed by atoms with Gasteiger partial charge in [-0.1, -0.05) is 36.4 Å². The zero-order valence-electron chi connectivity index (χ0n) is 24.7. The van der Waals surface area contributed by atoms with Crippen molar-refractivity contribution < 1.29 is 19.1 Å². The number of hydrogen-bond acceptors (Lipinski definition) is 6. The van der Waals surface area contributed by atoms with E-state index in [1.54, 1.807) is 51.4 Å². The third-order valence-electron chi connectivity index (χ3n) is 6.50. The summed E-state index contributed by atoms with van der Waals surface area (Å²) in [5.41, 5.74) is 3.52. The largest absolute Gasteiger partial charge is 0.444 e. The Morgan fingerprint density at radius 1 is 0.881 bits per heavy atom. The van der Waals surface area contributed by atoms with E-state index in [1.807, 2.05) is 50.2 Å². The molecule has 2 heterocycles. The van der Waals surface area contributed by atoms with Crippen LogP contribution < -0.4 is 16.0 Å². The van der Waals surface area contributed by atoms with E-state index in [0.717, 1.165) is 28.8 Å². The van der Waals surface area contributed by atoms with E-state index in [2.05, 4.69) is 38.1 Å². The zero-order valence-corrected chi connectivity index (χ0v) is 24.7. The molecule has 0 saturated heterocycles. The zero-order chi connectivity index (χ0) is 30.3. The molecule has 1 aromatic heterocycles. The first-order chi connectivity index (χ1) is 19.9. The summed E-state index contributed by atoms with van der Waals surface area (Å²) >= 11 is 0. The van der Waals surface area contributed by atoms with Gasteiger partial charge >= 0.3 is 6.09 Å². The lowest BCUT2D eigenvalue weighted by Gasteiger charge is -2.29. The first-order valence-corrected chi connectivity index (χ1v) is 13.9. The number of rotatable bonds is 7. The van der Waals surface area contributed by atoms with Crippen LogP contribution in [0.5, 0.6) is 0 Å². The number of nitrogens with zero attached hydrogens (tertiary/aromatic N) is 2. The molecule has 0 unspecified atom stereocenters. The van der Waals surface area contributed by atoms with Crippen molar-refractivity contribution in [2.24, 2.45) is 4.99 Å². The number of aliphatic imine (C=N–C) groups is 1. The molecule has 9 heteroatoms. The van der Waals surface area contributed by atoms with Gasteiger partial charge in [0.2, 0.25) is 5.91 Å². The Hall–Kier alpha value is -4.79. The number of amidine groups is 1. The van der Waals surface area contributed by atoms with Gasteiger partial charge in [-0.2, -0.15) is 0 Å². The molecule has 3 N–H and O–H groups in total. The lowest BCUT2D eigenvalue weighted by atomic mass is 9.93. The first-order valence-electron chi connectivity index (χ1n) is 13.9. The van der Waals surface area contributed by atoms with Crippen molar-refractivity contribution in [2.75, 3.05) is 6.54 Å². The van der Waals surface area contributed by atoms with E-state index in [4.69, 9.17) is 4.74 Å². The third kappa shape index (κ3) is 8.36. The van der Waals surface area contributed by atoms with Crippen LogP contribution in [0.1, 0.15) is 68.9 Å². The lowest BCUT2D eigenvalue weighted by Crippen LogP contribution is -2.44. The Balaban J connectivity index is 1.35. The standard InChI is InChI=1S/C33H37N5O4/c1-32(2,3)42-31(41)38-33(4,5)26-12-7-11-25(20-26)30(40)35-21-29(39)37-28-14-8-13-27(36-28)24-10-6-9-23(19-24)22-15-17-34-18-16-22/h6-7,9-13,15-20H,8,14,21H2,1-5H3,(H,35,40)(H,38,41)(H,36,37,39). The predicted molar refractivity (Wildman–Crippen MR) is 164 cm³/mol. The van der Waals surface area contributed by atoms with E-state index >= 15 is 0 Å². The fraction of sp³-hybridized carbons (Fsp3) is 0.303. The average molecular weight is 568 g/mol. The molecular formula is C33H37N5O4. The summed E-state index contributed by atoms with van der Waals surface area (Å²) in [7, 11) is 0. The molecule has 0 fully saturated rings. The van der Waals surface area contributed by atoms with Crippen molar-refractivity contribution >= 4 is 29.4 Å². The van der Waals surface area contributed by atoms with Crippen molar-refractivity contribution in [1.82, 2.24) is 20.9 Å². The normalized spacial score (nSPS) is 13.4. The summed E-state index contributed by atoms with van der Waals surface area (Å²) < 4.78 is 5.37. The monoisotopic (exact) mass is 567 g/mol. The van der Waals surface area contributed by atoms with Gasteiger partial charge < -0.3 is 20.7 Å². The maximum absolute atomic E-state index is 12.9. The Labute approximate surface area is 246 Å². The van der Waals surface area contributed by atoms with Crippen molar-refractivity contribution in [3.8, 4) is 11.1 Å². The first kappa shape index (κ1) is 30.2. The van der Waals surface area contributed by atoms with Crippen LogP contribution >= 0.6 is 0 Å². The van der Waals surface area contributed by atoms with Crippen LogP contribution in [0.4, 0.5) is 4.79 Å². The molecule has 218 valence electrons. The summed E-state index contributed by atoms with van der Waals surface area (Å²) in [6, 6.07) is 18.9. The van der Waals surface area contributed by atoms with Crippen LogP contribution in [0.15, 0.2) is 84.1 Å². The number of amides is 3. The average Bonchev–Trinajstić information content (AvgIpc) is 2.95. The molecule has 4 rings (SSSR count). The number of carbonyl (C=O) groups excluding carboxylic acids is 3. The number of benzene rings is 2. The Kier molecular flexibility index (Phi) is 9.20. The molecule has 0 radical (unpaired) electrons. The fourth-order valence-electron chi connectivity index (χ4n) is 4.42. The van der Waals surface area contributed by atoms with Crippen molar-refractivity contribution in [3.63, 3.8) is 0 Å². The maximum Gasteiger partial charge on any atom is 0.408 e. The molecule has 0 atom stereocenters. The molecule has 9 nitrogen and oxygen atoms in total. The molecule has 1 aliphatic rings. The summed E-state index contributed by atoms with van der Waals surface area (Å²) in [4.78, 5) is 46.6. The Morgan fingerprint density at radius 3 is 2.33 bits per heavy atom. The minimum absolute atomic E-state index is 0.210. The number of ether oxygens (including phenoxy) is 1. The van der Waals surface area contributed by atoms with Gasteiger partial charge in [-0.15, -0.1) is 0 Å². The van der Waals surface area contributed by atoms with Gasteiger partial charge in [-0.05, 0) is 88.1 Å². The molecule has 3 amide bonds. The van der Waals surface area contributed by atoms with E-state index in [1.165, 1.54) is 0 Å². The smallest absolute Gasteiger partial charge is 0.408 e. The topological polar surface area (TPSA) is 122 Å². The second kappa shape index (κ2) is 12.8. The summed E-state index contributed by atoms with van der Waals surface area (Å²) in [6.45, 7) is 8.81. The molecular weight excluding hydrogens is 530 g/mol. The molecule has 1 aliphatic heterocycles. The second-order valence-electron chi connectivity index (χ2n) is 11.6. The second-order valence-corrected chi connectivity index (χ2v) is 11.6. The number of allylic oxidation sites excluding steroid dienone is 1. The van der Waals surface area contributed by atoms with E-state index in [-0.39, 0.29) is 12.5 Å². The molecule has 0 aliphatic carbocycles. The van der Waals surface area contributed by atoms with E-state index in [0.29, 0.717) is 23.4 Å². The van der Waals surface area contributed by atoms with Crippen molar-refractivity contribution in [2.45, 2.75) is 58.6 Å². The molecule has 0 bridgehead atoms. The van der Waals surface area contributed by atoms with Gasteiger partial charge in [0, 0.05) is 29.9 Å². The van der Waals surface area contributed by atoms with Crippen LogP contribution in [-0.2, 0) is 15.1 Å². The number of hydrogen-bond donors (Lipinski definition) is 3. The van der Waals surface area contributed by atoms with Crippen LogP contribution in [0.3, 0.4) is 0 Å². The predicted octanol–water partition coefficient (Wildman–Crippen LogP) is 5.59. The number of nitrogens with one attached hydrogen (secondary N) is 3. The molecule has 42 heavy (non-hydrogen) atoms. The highest BCUT2D eigenvalue weighted by molar-refractivity contribution is 6.03. The highest BCUT2D eigenvalue weighted by atomic mass is 16.6. The Bertz CT molecular complexity index is 1520. The van der Waals surface area contributed by atoms with Gasteiger partial charge in [0.05, 0.1) is 17.8 Å². The highest BCUT2D eigenvalue weighted by Crippen LogP contribution is 2.26. The summed E-state index contributed by atoms with van der Waals surface area (Å²) in [5, 5.41) is 8.34. The van der Waals surface area contributed by atoms with Gasteiger partial charge in [0.1, 0.15) is 11.4 Å². The molecule has 0 spiro atoms. The van der Waals surface area contributed by atoms with Crippen molar-refractivity contribution in [3.05, 3.63) is 95.8 Å². The molecule has 0 saturated carbocycles. The SMILES string of the molecule is CC(C)(C)OC(=O)NC(C)(C)c1cccc(C(=O)NCC(=O)NC2=NC(c3cccc(-c4ccncc4)c3)=CCC2)c1. The summed E-state index contributed by atoms with van der Waals surface area (Å²) in [5.74, 6) is -0.214. The minimum Gasteiger partial charge on any atom is -0.444 e. The molecule has 3 aromatic rings. The lowest BCUT2D eigenvalue weighted by molar-refractivity contribution is -0.118. The van der Waals surface area contributed by atoms with Gasteiger partial charge in [-0.25, -0.2) is 9.79 Å². The third-order valence-corrected chi connectivity index (χ3v) is 6.50. The maximum atomic E-state index is 12.9. The van der Waals surface area contributed by atoms with E-state index in [9.17, 15) is 14.4 Å². The number of alkyl carbamates (subject to hydrolysis) is 1. The van der Waals surface area contributed by atoms with Gasteiger partial charge in [0.25, 0.3) is 5.91 Å². The minimum atomic E-state index is -0.793. The molecule has 2 aromatic carbocycles. The highest BCUT2D eigenvalue weighted by Gasteiger charge is 2.27. The van der Waals surface area contributed by atoms with Crippen LogP contribution in [0.2, 0.25) is 0 Å². The van der Waals surface area contributed by atoms with Gasteiger partial charge in [0.15, 0.2) is 0 Å². The number of aromatic nitrogens is 1. The van der Waals surface area contributed by atoms with Crippen LogP contribution in [0, 0.1) is 0 Å². The summed E-state index contributed by atoms with van der Waals surface area (Å²) in [6.07, 6.45) is 6.34. The van der Waals surface area contributed by atoms with Crippen LogP contribution in [0.25, 0.3) is 16.8 Å². The quantitative estimate of drug-likeness (QED) is 0.344. The Morgan fingerprint density at radius 2 is 1.60 bits per heavy atom. The van der Waals surface area contributed by atoms with Crippen LogP contribution in [-0.4, -0.2) is 40.9 Å². The fourth-order valence-corrected chi connectivity index (χ4v) is 4.42. The number of pyridine rings is 1. The van der Waals surface area contributed by atoms with Crippen molar-refractivity contribution in [1.29, 1.82) is 0 Å². The van der Waals surface area contributed by atoms with E-state index < -0.39 is 23.1 Å². The number of carbonyl (C=O) groups is 3. The van der Waals surface area contributed by atoms with Gasteiger partial charge in [-0.3, -0.25) is 14.6 Å².